The second-order valence-corrected chi connectivity index (χ2v) is 6.54. The first-order valence-corrected chi connectivity index (χ1v) is 7.65. The Kier molecular flexibility index (Phi) is 3.30. The van der Waals surface area contributed by atoms with Crippen molar-refractivity contribution in [3.8, 4) is 0 Å². The Morgan fingerprint density at radius 1 is 1.40 bits per heavy atom. The van der Waals surface area contributed by atoms with Gasteiger partial charge in [-0.25, -0.2) is 0 Å². The van der Waals surface area contributed by atoms with Crippen molar-refractivity contribution in [3.05, 3.63) is 16.6 Å². The summed E-state index contributed by atoms with van der Waals surface area (Å²) in [6, 6.07) is 1.97. The van der Waals surface area contributed by atoms with Crippen LogP contribution in [0.3, 0.4) is 0 Å². The number of aromatic nitrogens is 2. The standard InChI is InChI=1S/C14H19N3O2S/c1-8-6-17(7-9(2)19-8)13(18)12-5-11-10(3)15-16(4)14(11)20-12/h5,8-9H,6-7H2,1-4H3/t8-,9+. The molecule has 0 bridgehead atoms. The molecule has 0 unspecified atom stereocenters. The molecule has 1 saturated heterocycles. The van der Waals surface area contributed by atoms with Gasteiger partial charge in [0.05, 0.1) is 22.8 Å². The molecule has 3 rings (SSSR count). The summed E-state index contributed by atoms with van der Waals surface area (Å²) in [5.74, 6) is 0.104. The molecule has 6 heteroatoms. The van der Waals surface area contributed by atoms with Crippen LogP contribution in [0.5, 0.6) is 0 Å². The third-order valence-corrected chi connectivity index (χ3v) is 4.80. The Morgan fingerprint density at radius 2 is 2.05 bits per heavy atom. The summed E-state index contributed by atoms with van der Waals surface area (Å²) in [7, 11) is 1.92. The minimum Gasteiger partial charge on any atom is -0.372 e. The highest BCUT2D eigenvalue weighted by Gasteiger charge is 2.28. The fourth-order valence-electron chi connectivity index (χ4n) is 2.81. The molecule has 0 N–H and O–H groups in total. The van der Waals surface area contributed by atoms with E-state index in [1.807, 2.05) is 43.5 Å². The summed E-state index contributed by atoms with van der Waals surface area (Å²) in [5, 5.41) is 5.45. The monoisotopic (exact) mass is 293 g/mol. The summed E-state index contributed by atoms with van der Waals surface area (Å²) < 4.78 is 7.52. The van der Waals surface area contributed by atoms with E-state index in [0.717, 1.165) is 20.8 Å². The van der Waals surface area contributed by atoms with E-state index in [4.69, 9.17) is 4.74 Å². The second kappa shape index (κ2) is 4.86. The number of hydrogen-bond donors (Lipinski definition) is 0. The largest absolute Gasteiger partial charge is 0.372 e. The minimum absolute atomic E-state index is 0.0977. The van der Waals surface area contributed by atoms with E-state index in [1.54, 1.807) is 0 Å². The number of amides is 1. The highest BCUT2D eigenvalue weighted by Crippen LogP contribution is 2.29. The Labute approximate surface area is 122 Å². The van der Waals surface area contributed by atoms with Crippen molar-refractivity contribution < 1.29 is 9.53 Å². The van der Waals surface area contributed by atoms with Crippen LogP contribution in [-0.2, 0) is 11.8 Å². The van der Waals surface area contributed by atoms with E-state index < -0.39 is 0 Å². The zero-order valence-electron chi connectivity index (χ0n) is 12.2. The van der Waals surface area contributed by atoms with Crippen molar-refractivity contribution in [1.82, 2.24) is 14.7 Å². The maximum absolute atomic E-state index is 12.6. The molecule has 0 aliphatic carbocycles. The fraction of sp³-hybridized carbons (Fsp3) is 0.571. The quantitative estimate of drug-likeness (QED) is 0.810. The number of nitrogens with zero attached hydrogens (tertiary/aromatic N) is 3. The van der Waals surface area contributed by atoms with Crippen molar-refractivity contribution in [2.75, 3.05) is 13.1 Å². The minimum atomic E-state index is 0.0977. The lowest BCUT2D eigenvalue weighted by molar-refractivity contribution is -0.0585. The molecule has 1 aliphatic rings. The summed E-state index contributed by atoms with van der Waals surface area (Å²) >= 11 is 1.52. The molecule has 0 spiro atoms. The predicted molar refractivity (Wildman–Crippen MR) is 79.2 cm³/mol. The lowest BCUT2D eigenvalue weighted by atomic mass is 10.2. The number of carbonyl (C=O) groups excluding carboxylic acids is 1. The fourth-order valence-corrected chi connectivity index (χ4v) is 3.90. The summed E-state index contributed by atoms with van der Waals surface area (Å²) in [6.45, 7) is 7.31. The third kappa shape index (κ3) is 2.23. The smallest absolute Gasteiger partial charge is 0.264 e. The molecule has 1 amide bonds. The van der Waals surface area contributed by atoms with Gasteiger partial charge in [-0.1, -0.05) is 0 Å². The number of thiophene rings is 1. The molecule has 108 valence electrons. The van der Waals surface area contributed by atoms with Crippen LogP contribution >= 0.6 is 11.3 Å². The van der Waals surface area contributed by atoms with Gasteiger partial charge in [0.15, 0.2) is 0 Å². The van der Waals surface area contributed by atoms with Crippen LogP contribution in [0.1, 0.15) is 29.2 Å². The molecule has 0 aromatic carbocycles. The highest BCUT2D eigenvalue weighted by molar-refractivity contribution is 7.20. The van der Waals surface area contributed by atoms with Gasteiger partial charge < -0.3 is 9.64 Å². The van der Waals surface area contributed by atoms with Gasteiger partial charge in [0.2, 0.25) is 0 Å². The summed E-state index contributed by atoms with van der Waals surface area (Å²) in [5.41, 5.74) is 0.974. The molecular formula is C14H19N3O2S. The van der Waals surface area contributed by atoms with Crippen molar-refractivity contribution in [3.63, 3.8) is 0 Å². The Bertz CT molecular complexity index is 616. The molecule has 2 aromatic rings. The van der Waals surface area contributed by atoms with Gasteiger partial charge >= 0.3 is 0 Å². The average molecular weight is 293 g/mol. The highest BCUT2D eigenvalue weighted by atomic mass is 32.1. The van der Waals surface area contributed by atoms with Crippen molar-refractivity contribution in [1.29, 1.82) is 0 Å². The number of hydrogen-bond acceptors (Lipinski definition) is 4. The molecule has 0 saturated carbocycles. The van der Waals surface area contributed by atoms with Crippen LogP contribution in [0, 0.1) is 6.92 Å². The van der Waals surface area contributed by atoms with E-state index in [-0.39, 0.29) is 18.1 Å². The van der Waals surface area contributed by atoms with Crippen LogP contribution < -0.4 is 0 Å². The number of morpholine rings is 1. The predicted octanol–water partition coefficient (Wildman–Crippen LogP) is 2.19. The van der Waals surface area contributed by atoms with Crippen LogP contribution in [-0.4, -0.2) is 45.9 Å². The number of aryl methyl sites for hydroxylation is 2. The van der Waals surface area contributed by atoms with Crippen LogP contribution in [0.25, 0.3) is 10.2 Å². The first-order chi connectivity index (χ1) is 9.45. The van der Waals surface area contributed by atoms with E-state index in [9.17, 15) is 4.79 Å². The summed E-state index contributed by atoms with van der Waals surface area (Å²) in [6.07, 6.45) is 0.195. The van der Waals surface area contributed by atoms with E-state index in [0.29, 0.717) is 13.1 Å². The van der Waals surface area contributed by atoms with E-state index in [2.05, 4.69) is 5.10 Å². The first-order valence-electron chi connectivity index (χ1n) is 6.83. The van der Waals surface area contributed by atoms with Crippen LogP contribution in [0.15, 0.2) is 6.07 Å². The SMILES string of the molecule is Cc1nn(C)c2sc(C(=O)N3C[C@@H](C)O[C@@H](C)C3)cc12. The topological polar surface area (TPSA) is 47.4 Å². The molecule has 0 radical (unpaired) electrons. The van der Waals surface area contributed by atoms with Gasteiger partial charge in [-0.2, -0.15) is 5.10 Å². The van der Waals surface area contributed by atoms with Crippen molar-refractivity contribution >= 4 is 27.5 Å². The zero-order valence-corrected chi connectivity index (χ0v) is 13.0. The maximum atomic E-state index is 12.6. The number of fused-ring (bicyclic) bond motifs is 1. The van der Waals surface area contributed by atoms with Gasteiger partial charge in [-0.3, -0.25) is 9.48 Å². The van der Waals surface area contributed by atoms with E-state index >= 15 is 0 Å². The van der Waals surface area contributed by atoms with Gasteiger partial charge in [0.25, 0.3) is 5.91 Å². The van der Waals surface area contributed by atoms with Gasteiger partial charge in [-0.05, 0) is 26.8 Å². The van der Waals surface area contributed by atoms with Gasteiger partial charge in [-0.15, -0.1) is 11.3 Å². The normalized spacial score (nSPS) is 23.5. The molecule has 2 aromatic heterocycles. The molecule has 2 atom stereocenters. The van der Waals surface area contributed by atoms with Crippen LogP contribution in [0.2, 0.25) is 0 Å². The Hall–Kier alpha value is -1.40. The van der Waals surface area contributed by atoms with Gasteiger partial charge in [0.1, 0.15) is 4.83 Å². The third-order valence-electron chi connectivity index (χ3n) is 3.61. The van der Waals surface area contributed by atoms with Gasteiger partial charge in [0, 0.05) is 25.5 Å². The Morgan fingerprint density at radius 3 is 2.65 bits per heavy atom. The van der Waals surface area contributed by atoms with Crippen LogP contribution in [0.4, 0.5) is 0 Å². The molecule has 1 aliphatic heterocycles. The second-order valence-electron chi connectivity index (χ2n) is 5.51. The molecule has 3 heterocycles. The zero-order chi connectivity index (χ0) is 14.4. The molecular weight excluding hydrogens is 274 g/mol. The first kappa shape index (κ1) is 13.6. The molecule has 1 fully saturated rings. The van der Waals surface area contributed by atoms with Crippen molar-refractivity contribution in [2.24, 2.45) is 7.05 Å². The van der Waals surface area contributed by atoms with Crippen molar-refractivity contribution in [2.45, 2.75) is 33.0 Å². The maximum Gasteiger partial charge on any atom is 0.264 e. The average Bonchev–Trinajstić information content (AvgIpc) is 2.90. The number of ether oxygens (including phenoxy) is 1. The molecule has 5 nitrogen and oxygen atoms in total. The van der Waals surface area contributed by atoms with E-state index in [1.165, 1.54) is 11.3 Å². The number of carbonyl (C=O) groups is 1. The number of rotatable bonds is 1. The summed E-state index contributed by atoms with van der Waals surface area (Å²) in [4.78, 5) is 16.4. The Balaban J connectivity index is 1.90. The lowest BCUT2D eigenvalue weighted by Crippen LogP contribution is -2.48. The molecule has 20 heavy (non-hydrogen) atoms. The lowest BCUT2D eigenvalue weighted by Gasteiger charge is -2.35.